The van der Waals surface area contributed by atoms with E-state index in [1.54, 1.807) is 4.90 Å². The minimum atomic E-state index is -4.42. The fraction of sp³-hybridized carbons (Fsp3) is 0.500. The number of anilines is 1. The van der Waals surface area contributed by atoms with Crippen LogP contribution in [0.15, 0.2) is 12.4 Å². The number of aromatic nitrogens is 2. The zero-order valence-electron chi connectivity index (χ0n) is 8.87. The molecule has 1 fully saturated rings. The first kappa shape index (κ1) is 11.8. The van der Waals surface area contributed by atoms with Crippen LogP contribution >= 0.6 is 0 Å². The third-order valence-corrected chi connectivity index (χ3v) is 2.57. The molecular weight excluding hydrogens is 235 g/mol. The number of hydrogen-bond acceptors (Lipinski definition) is 4. The summed E-state index contributed by atoms with van der Waals surface area (Å²) >= 11 is 0. The molecule has 1 saturated heterocycles. The topological polar surface area (TPSA) is 46.1 Å². The van der Waals surface area contributed by atoms with Crippen LogP contribution in [0.3, 0.4) is 0 Å². The van der Waals surface area contributed by atoms with Gasteiger partial charge in [-0.05, 0) is 0 Å². The van der Waals surface area contributed by atoms with Crippen LogP contribution in [0.4, 0.5) is 19.1 Å². The normalized spacial score (nSPS) is 17.4. The van der Waals surface area contributed by atoms with Gasteiger partial charge in [-0.15, -0.1) is 0 Å². The molecule has 0 spiro atoms. The van der Waals surface area contributed by atoms with Gasteiger partial charge < -0.3 is 4.90 Å². The van der Waals surface area contributed by atoms with Gasteiger partial charge in [0.05, 0.1) is 5.56 Å². The highest BCUT2D eigenvalue weighted by Crippen LogP contribution is 2.28. The van der Waals surface area contributed by atoms with Gasteiger partial charge in [0.1, 0.15) is 5.78 Å². The van der Waals surface area contributed by atoms with Crippen molar-refractivity contribution < 1.29 is 18.0 Å². The summed E-state index contributed by atoms with van der Waals surface area (Å²) in [7, 11) is 0. The number of ketones is 1. The molecule has 7 heteroatoms. The van der Waals surface area contributed by atoms with Gasteiger partial charge >= 0.3 is 6.18 Å². The van der Waals surface area contributed by atoms with Crippen LogP contribution in [0.2, 0.25) is 0 Å². The molecule has 0 amide bonds. The molecule has 0 aliphatic carbocycles. The van der Waals surface area contributed by atoms with Crippen molar-refractivity contribution >= 4 is 11.7 Å². The maximum absolute atomic E-state index is 12.3. The average molecular weight is 245 g/mol. The fourth-order valence-corrected chi connectivity index (χ4v) is 1.59. The first-order valence-electron chi connectivity index (χ1n) is 5.13. The van der Waals surface area contributed by atoms with Gasteiger partial charge in [0.15, 0.2) is 0 Å². The van der Waals surface area contributed by atoms with E-state index in [0.29, 0.717) is 25.9 Å². The second-order valence-corrected chi connectivity index (χ2v) is 3.80. The Morgan fingerprint density at radius 3 is 2.12 bits per heavy atom. The monoisotopic (exact) mass is 245 g/mol. The van der Waals surface area contributed by atoms with E-state index in [4.69, 9.17) is 0 Å². The first-order chi connectivity index (χ1) is 7.97. The molecule has 17 heavy (non-hydrogen) atoms. The number of alkyl halides is 3. The number of Topliss-reactive ketones (excluding diaryl/α,β-unsaturated/α-hetero) is 1. The van der Waals surface area contributed by atoms with Gasteiger partial charge in [-0.25, -0.2) is 9.97 Å². The van der Waals surface area contributed by atoms with Crippen LogP contribution in [-0.2, 0) is 11.0 Å². The molecule has 2 heterocycles. The van der Waals surface area contributed by atoms with Crippen LogP contribution < -0.4 is 4.90 Å². The lowest BCUT2D eigenvalue weighted by molar-refractivity contribution is -0.138. The number of carbonyl (C=O) groups excluding carboxylic acids is 1. The van der Waals surface area contributed by atoms with E-state index in [1.165, 1.54) is 0 Å². The maximum atomic E-state index is 12.3. The molecule has 0 N–H and O–H groups in total. The Morgan fingerprint density at radius 2 is 1.65 bits per heavy atom. The Hall–Kier alpha value is -1.66. The Bertz CT molecular complexity index is 406. The minimum Gasteiger partial charge on any atom is -0.340 e. The summed E-state index contributed by atoms with van der Waals surface area (Å²) in [6.07, 6.45) is -2.11. The van der Waals surface area contributed by atoms with Crippen molar-refractivity contribution in [2.24, 2.45) is 0 Å². The van der Waals surface area contributed by atoms with Gasteiger partial charge in [-0.1, -0.05) is 0 Å². The molecule has 0 bridgehead atoms. The van der Waals surface area contributed by atoms with Gasteiger partial charge in [-0.3, -0.25) is 4.79 Å². The van der Waals surface area contributed by atoms with Crippen molar-refractivity contribution in [3.63, 3.8) is 0 Å². The number of halogens is 3. The third kappa shape index (κ3) is 2.72. The molecule has 0 unspecified atom stereocenters. The summed E-state index contributed by atoms with van der Waals surface area (Å²) in [6, 6.07) is 0. The SMILES string of the molecule is O=C1CCN(c2ncc(C(F)(F)F)cn2)CC1. The van der Waals surface area contributed by atoms with Crippen molar-refractivity contribution in [1.29, 1.82) is 0 Å². The van der Waals surface area contributed by atoms with Crippen LogP contribution in [0.25, 0.3) is 0 Å². The number of piperidine rings is 1. The molecule has 0 radical (unpaired) electrons. The van der Waals surface area contributed by atoms with Crippen molar-refractivity contribution in [3.8, 4) is 0 Å². The van der Waals surface area contributed by atoms with Crippen molar-refractivity contribution in [2.75, 3.05) is 18.0 Å². The van der Waals surface area contributed by atoms with Gasteiger partial charge in [0.25, 0.3) is 0 Å². The summed E-state index contributed by atoms with van der Waals surface area (Å²) in [5.74, 6) is 0.402. The summed E-state index contributed by atoms with van der Waals surface area (Å²) in [6.45, 7) is 0.925. The molecular formula is C10H10F3N3O. The predicted octanol–water partition coefficient (Wildman–Crippen LogP) is 1.66. The molecule has 0 saturated carbocycles. The van der Waals surface area contributed by atoms with Crippen molar-refractivity contribution in [1.82, 2.24) is 9.97 Å². The summed E-state index contributed by atoms with van der Waals surface area (Å²) < 4.78 is 36.8. The standard InChI is InChI=1S/C10H10F3N3O/c11-10(12,13)7-5-14-9(15-6-7)16-3-1-8(17)2-4-16/h5-6H,1-4H2. The van der Waals surface area contributed by atoms with Crippen LogP contribution in [0.5, 0.6) is 0 Å². The van der Waals surface area contributed by atoms with E-state index >= 15 is 0 Å². The van der Waals surface area contributed by atoms with E-state index in [0.717, 1.165) is 12.4 Å². The predicted molar refractivity (Wildman–Crippen MR) is 53.5 cm³/mol. The third-order valence-electron chi connectivity index (χ3n) is 2.57. The highest BCUT2D eigenvalue weighted by Gasteiger charge is 2.31. The second-order valence-electron chi connectivity index (χ2n) is 3.80. The highest BCUT2D eigenvalue weighted by molar-refractivity contribution is 5.80. The summed E-state index contributed by atoms with van der Waals surface area (Å²) in [4.78, 5) is 20.1. The molecule has 4 nitrogen and oxygen atoms in total. The molecule has 1 aromatic rings. The zero-order valence-corrected chi connectivity index (χ0v) is 8.87. The van der Waals surface area contributed by atoms with Gasteiger partial charge in [0, 0.05) is 38.3 Å². The Labute approximate surface area is 95.5 Å². The van der Waals surface area contributed by atoms with E-state index in [2.05, 4.69) is 9.97 Å². The van der Waals surface area contributed by atoms with Crippen LogP contribution in [0.1, 0.15) is 18.4 Å². The first-order valence-corrected chi connectivity index (χ1v) is 5.13. The van der Waals surface area contributed by atoms with E-state index in [1.807, 2.05) is 0 Å². The molecule has 2 rings (SSSR count). The molecule has 0 aromatic carbocycles. The second kappa shape index (κ2) is 4.31. The molecule has 1 aromatic heterocycles. The van der Waals surface area contributed by atoms with Crippen molar-refractivity contribution in [2.45, 2.75) is 19.0 Å². The van der Waals surface area contributed by atoms with Gasteiger partial charge in [-0.2, -0.15) is 13.2 Å². The number of rotatable bonds is 1. The highest BCUT2D eigenvalue weighted by atomic mass is 19.4. The lowest BCUT2D eigenvalue weighted by Crippen LogP contribution is -2.35. The minimum absolute atomic E-state index is 0.160. The van der Waals surface area contributed by atoms with Gasteiger partial charge in [0.2, 0.25) is 5.95 Å². The Morgan fingerprint density at radius 1 is 1.12 bits per heavy atom. The smallest absolute Gasteiger partial charge is 0.340 e. The molecule has 1 aliphatic rings. The van der Waals surface area contributed by atoms with E-state index < -0.39 is 11.7 Å². The number of nitrogens with zero attached hydrogens (tertiary/aromatic N) is 3. The maximum Gasteiger partial charge on any atom is 0.419 e. The van der Waals surface area contributed by atoms with Crippen LogP contribution in [0, 0.1) is 0 Å². The lowest BCUT2D eigenvalue weighted by Gasteiger charge is -2.25. The largest absolute Gasteiger partial charge is 0.419 e. The molecule has 92 valence electrons. The molecule has 0 atom stereocenters. The summed E-state index contributed by atoms with van der Waals surface area (Å²) in [5, 5.41) is 0. The average Bonchev–Trinajstić information content (AvgIpc) is 2.29. The van der Waals surface area contributed by atoms with E-state index in [9.17, 15) is 18.0 Å². The fourth-order valence-electron chi connectivity index (χ4n) is 1.59. The number of hydrogen-bond donors (Lipinski definition) is 0. The Balaban J connectivity index is 2.10. The van der Waals surface area contributed by atoms with Crippen molar-refractivity contribution in [3.05, 3.63) is 18.0 Å². The number of carbonyl (C=O) groups is 1. The lowest BCUT2D eigenvalue weighted by atomic mass is 10.1. The Kier molecular flexibility index (Phi) is 2.99. The van der Waals surface area contributed by atoms with Crippen LogP contribution in [-0.4, -0.2) is 28.8 Å². The summed E-state index contributed by atoms with van der Waals surface area (Å²) in [5.41, 5.74) is -0.866. The molecule has 1 aliphatic heterocycles. The zero-order chi connectivity index (χ0) is 12.5. The van der Waals surface area contributed by atoms with E-state index in [-0.39, 0.29) is 11.7 Å². The quantitative estimate of drug-likeness (QED) is 0.755.